The Balaban J connectivity index is 2.31. The van der Waals surface area contributed by atoms with Gasteiger partial charge in [-0.15, -0.1) is 0 Å². The number of benzene rings is 1. The fourth-order valence-corrected chi connectivity index (χ4v) is 2.09. The Morgan fingerprint density at radius 2 is 1.63 bits per heavy atom. The summed E-state index contributed by atoms with van der Waals surface area (Å²) in [7, 11) is 0. The minimum atomic E-state index is -0.644. The molecule has 2 rings (SSSR count). The highest BCUT2D eigenvalue weighted by Gasteiger charge is 2.37. The summed E-state index contributed by atoms with van der Waals surface area (Å²) in [5.74, 6) is -1.80. The molecule has 0 aliphatic carbocycles. The number of carbonyl (C=O) groups excluding carboxylic acids is 3. The molecule has 100 valence electrons. The average molecular weight is 302 g/mol. The minimum Gasteiger partial charge on any atom is -0.465 e. The van der Waals surface area contributed by atoms with Gasteiger partial charge in [-0.1, -0.05) is 23.2 Å². The number of ether oxygens (including phenoxy) is 1. The lowest BCUT2D eigenvalue weighted by molar-refractivity contribution is -0.143. The molecule has 5 nitrogen and oxygen atoms in total. The highest BCUT2D eigenvalue weighted by Crippen LogP contribution is 2.31. The van der Waals surface area contributed by atoms with E-state index in [1.807, 2.05) is 0 Å². The summed E-state index contributed by atoms with van der Waals surface area (Å²) in [6.45, 7) is 1.40. The van der Waals surface area contributed by atoms with Gasteiger partial charge in [0.25, 0.3) is 11.8 Å². The Kier molecular flexibility index (Phi) is 3.78. The third-order valence-corrected chi connectivity index (χ3v) is 3.33. The van der Waals surface area contributed by atoms with Crippen LogP contribution >= 0.6 is 23.2 Å². The minimum absolute atomic E-state index is 0.142. The zero-order valence-electron chi connectivity index (χ0n) is 9.91. The van der Waals surface area contributed by atoms with Crippen LogP contribution in [0.5, 0.6) is 0 Å². The Labute approximate surface area is 119 Å². The molecule has 0 saturated carbocycles. The zero-order valence-corrected chi connectivity index (χ0v) is 11.4. The first-order valence-corrected chi connectivity index (χ1v) is 6.22. The van der Waals surface area contributed by atoms with Gasteiger partial charge in [0.05, 0.1) is 27.8 Å². The van der Waals surface area contributed by atoms with Crippen molar-refractivity contribution in [2.24, 2.45) is 0 Å². The van der Waals surface area contributed by atoms with Crippen molar-refractivity contribution in [1.29, 1.82) is 0 Å². The molecular weight excluding hydrogens is 293 g/mol. The van der Waals surface area contributed by atoms with E-state index in [0.29, 0.717) is 0 Å². The van der Waals surface area contributed by atoms with Gasteiger partial charge in [-0.2, -0.15) is 0 Å². The molecule has 0 spiro atoms. The van der Waals surface area contributed by atoms with Gasteiger partial charge in [0, 0.05) is 0 Å². The molecule has 1 aromatic rings. The van der Waals surface area contributed by atoms with E-state index in [1.54, 1.807) is 6.92 Å². The first-order valence-electron chi connectivity index (χ1n) is 5.46. The molecule has 0 N–H and O–H groups in total. The van der Waals surface area contributed by atoms with Crippen LogP contribution < -0.4 is 0 Å². The number of rotatable bonds is 3. The maximum atomic E-state index is 12.0. The predicted molar refractivity (Wildman–Crippen MR) is 68.5 cm³/mol. The maximum absolute atomic E-state index is 12.0. The molecule has 0 unspecified atom stereocenters. The van der Waals surface area contributed by atoms with Crippen molar-refractivity contribution in [3.63, 3.8) is 0 Å². The van der Waals surface area contributed by atoms with Crippen molar-refractivity contribution in [3.8, 4) is 0 Å². The number of amides is 2. The molecule has 0 fully saturated rings. The molecule has 2 amide bonds. The number of fused-ring (bicyclic) bond motifs is 1. The molecule has 1 aliphatic heterocycles. The summed E-state index contributed by atoms with van der Waals surface area (Å²) in [4.78, 5) is 36.2. The quantitative estimate of drug-likeness (QED) is 0.634. The Morgan fingerprint density at radius 3 is 2.05 bits per heavy atom. The van der Waals surface area contributed by atoms with Crippen molar-refractivity contribution in [1.82, 2.24) is 4.90 Å². The van der Waals surface area contributed by atoms with E-state index in [2.05, 4.69) is 0 Å². The highest BCUT2D eigenvalue weighted by atomic mass is 35.5. The lowest BCUT2D eigenvalue weighted by Crippen LogP contribution is -2.35. The molecule has 1 aliphatic rings. The second kappa shape index (κ2) is 5.19. The van der Waals surface area contributed by atoms with Crippen LogP contribution in [0.25, 0.3) is 0 Å². The van der Waals surface area contributed by atoms with Gasteiger partial charge in [0.2, 0.25) is 0 Å². The van der Waals surface area contributed by atoms with E-state index in [-0.39, 0.29) is 27.8 Å². The smallest absolute Gasteiger partial charge is 0.326 e. The van der Waals surface area contributed by atoms with E-state index < -0.39 is 24.3 Å². The normalized spacial score (nSPS) is 13.7. The van der Waals surface area contributed by atoms with Crippen molar-refractivity contribution in [2.45, 2.75) is 6.92 Å². The van der Waals surface area contributed by atoms with Crippen molar-refractivity contribution in [2.75, 3.05) is 13.2 Å². The van der Waals surface area contributed by atoms with Crippen LogP contribution in [0, 0.1) is 0 Å². The fourth-order valence-electron chi connectivity index (χ4n) is 1.76. The van der Waals surface area contributed by atoms with Gasteiger partial charge < -0.3 is 4.74 Å². The summed E-state index contributed by atoms with van der Waals surface area (Å²) >= 11 is 11.6. The van der Waals surface area contributed by atoms with Gasteiger partial charge in [-0.3, -0.25) is 19.3 Å². The lowest BCUT2D eigenvalue weighted by atomic mass is 10.1. The summed E-state index contributed by atoms with van der Waals surface area (Å²) in [6, 6.07) is 2.65. The Morgan fingerprint density at radius 1 is 1.16 bits per heavy atom. The van der Waals surface area contributed by atoms with Gasteiger partial charge >= 0.3 is 5.97 Å². The number of esters is 1. The lowest BCUT2D eigenvalue weighted by Gasteiger charge is -2.12. The Hall–Kier alpha value is -1.59. The third-order valence-electron chi connectivity index (χ3n) is 2.60. The van der Waals surface area contributed by atoms with Crippen molar-refractivity contribution < 1.29 is 19.1 Å². The highest BCUT2D eigenvalue weighted by molar-refractivity contribution is 6.43. The van der Waals surface area contributed by atoms with Crippen LogP contribution in [-0.4, -0.2) is 35.8 Å². The van der Waals surface area contributed by atoms with E-state index in [1.165, 1.54) is 12.1 Å². The summed E-state index contributed by atoms with van der Waals surface area (Å²) in [5.41, 5.74) is 0.285. The molecule has 0 atom stereocenters. The van der Waals surface area contributed by atoms with Crippen LogP contribution in [0.15, 0.2) is 12.1 Å². The molecule has 0 saturated heterocycles. The second-order valence-corrected chi connectivity index (χ2v) is 4.63. The molecule has 0 bridgehead atoms. The first kappa shape index (κ1) is 13.8. The largest absolute Gasteiger partial charge is 0.465 e. The Bertz CT molecular complexity index is 544. The summed E-state index contributed by atoms with van der Waals surface area (Å²) < 4.78 is 4.71. The predicted octanol–water partition coefficient (Wildman–Crippen LogP) is 2.15. The van der Waals surface area contributed by atoms with Crippen molar-refractivity contribution >= 4 is 41.0 Å². The van der Waals surface area contributed by atoms with Crippen LogP contribution in [0.4, 0.5) is 0 Å². The molecule has 19 heavy (non-hydrogen) atoms. The average Bonchev–Trinajstić information content (AvgIpc) is 2.56. The van der Waals surface area contributed by atoms with Gasteiger partial charge in [0.15, 0.2) is 0 Å². The monoisotopic (exact) mass is 301 g/mol. The van der Waals surface area contributed by atoms with Crippen LogP contribution in [-0.2, 0) is 9.53 Å². The van der Waals surface area contributed by atoms with Crippen LogP contribution in [0.1, 0.15) is 27.6 Å². The standard InChI is InChI=1S/C12H9Cl2NO4/c1-2-19-10(16)5-15-11(17)6-3-8(13)9(14)4-7(6)12(15)18/h3-4H,2,5H2,1H3. The zero-order chi connectivity index (χ0) is 14.2. The number of imide groups is 1. The first-order chi connectivity index (χ1) is 8.95. The fraction of sp³-hybridized carbons (Fsp3) is 0.250. The number of hydrogen-bond acceptors (Lipinski definition) is 4. The van der Waals surface area contributed by atoms with Gasteiger partial charge in [0.1, 0.15) is 6.54 Å². The molecule has 0 radical (unpaired) electrons. The molecular formula is C12H9Cl2NO4. The molecule has 0 aromatic heterocycles. The van der Waals surface area contributed by atoms with Crippen LogP contribution in [0.3, 0.4) is 0 Å². The number of halogens is 2. The molecule has 1 heterocycles. The topological polar surface area (TPSA) is 63.7 Å². The third kappa shape index (κ3) is 2.43. The van der Waals surface area contributed by atoms with Gasteiger partial charge in [-0.05, 0) is 19.1 Å². The number of carbonyl (C=O) groups is 3. The van der Waals surface area contributed by atoms with Gasteiger partial charge in [-0.25, -0.2) is 0 Å². The number of nitrogens with zero attached hydrogens (tertiary/aromatic N) is 1. The number of hydrogen-bond donors (Lipinski definition) is 0. The van der Waals surface area contributed by atoms with E-state index >= 15 is 0 Å². The molecule has 7 heteroatoms. The summed E-state index contributed by atoms with van der Waals surface area (Å²) in [5, 5.41) is 0.360. The van der Waals surface area contributed by atoms with E-state index in [9.17, 15) is 14.4 Å². The molecule has 1 aromatic carbocycles. The maximum Gasteiger partial charge on any atom is 0.326 e. The summed E-state index contributed by atoms with van der Waals surface area (Å²) in [6.07, 6.45) is 0. The second-order valence-electron chi connectivity index (χ2n) is 3.81. The van der Waals surface area contributed by atoms with E-state index in [0.717, 1.165) is 4.90 Å². The van der Waals surface area contributed by atoms with Crippen LogP contribution in [0.2, 0.25) is 10.0 Å². The van der Waals surface area contributed by atoms with E-state index in [4.69, 9.17) is 27.9 Å². The van der Waals surface area contributed by atoms with Crippen molar-refractivity contribution in [3.05, 3.63) is 33.3 Å². The SMILES string of the molecule is CCOC(=O)CN1C(=O)c2cc(Cl)c(Cl)cc2C1=O.